The van der Waals surface area contributed by atoms with Gasteiger partial charge in [-0.15, -0.1) is 0 Å². The van der Waals surface area contributed by atoms with E-state index in [0.717, 1.165) is 31.1 Å². The Labute approximate surface area is 118 Å². The average molecular weight is 280 g/mol. The standard InChI is InChI=1S/C14H20N2O4/c1-19-12-2-4-13(5-3-12)20-11-10-15-6-8-16(9-7-15)14(17)18/h2-5H,6-11H2,1H3,(H,17,18). The van der Waals surface area contributed by atoms with Crippen LogP contribution in [0.5, 0.6) is 11.5 Å². The summed E-state index contributed by atoms with van der Waals surface area (Å²) in [5, 5.41) is 8.86. The molecule has 1 aliphatic heterocycles. The van der Waals surface area contributed by atoms with Crippen LogP contribution in [0.2, 0.25) is 0 Å². The minimum Gasteiger partial charge on any atom is -0.497 e. The summed E-state index contributed by atoms with van der Waals surface area (Å²) in [6.07, 6.45) is -0.834. The van der Waals surface area contributed by atoms with Gasteiger partial charge in [-0.3, -0.25) is 4.90 Å². The van der Waals surface area contributed by atoms with Crippen molar-refractivity contribution in [1.29, 1.82) is 0 Å². The van der Waals surface area contributed by atoms with Crippen molar-refractivity contribution >= 4 is 6.09 Å². The molecule has 0 spiro atoms. The molecule has 1 N–H and O–H groups in total. The fraction of sp³-hybridized carbons (Fsp3) is 0.500. The number of nitrogens with zero attached hydrogens (tertiary/aromatic N) is 2. The summed E-state index contributed by atoms with van der Waals surface area (Å²) in [4.78, 5) is 14.4. The Morgan fingerprint density at radius 3 is 2.30 bits per heavy atom. The normalized spacial score (nSPS) is 15.9. The van der Waals surface area contributed by atoms with Crippen LogP contribution < -0.4 is 9.47 Å². The zero-order chi connectivity index (χ0) is 14.4. The van der Waals surface area contributed by atoms with Gasteiger partial charge in [0.2, 0.25) is 0 Å². The SMILES string of the molecule is COc1ccc(OCCN2CCN(C(=O)O)CC2)cc1. The van der Waals surface area contributed by atoms with Crippen LogP contribution >= 0.6 is 0 Å². The second-order valence-electron chi connectivity index (χ2n) is 4.64. The summed E-state index contributed by atoms with van der Waals surface area (Å²) in [5.41, 5.74) is 0. The van der Waals surface area contributed by atoms with Gasteiger partial charge in [0.05, 0.1) is 7.11 Å². The van der Waals surface area contributed by atoms with Crippen LogP contribution in [-0.2, 0) is 0 Å². The molecule has 0 aromatic heterocycles. The average Bonchev–Trinajstić information content (AvgIpc) is 2.48. The lowest BCUT2D eigenvalue weighted by molar-refractivity contribution is 0.0985. The zero-order valence-electron chi connectivity index (χ0n) is 11.6. The van der Waals surface area contributed by atoms with Crippen molar-refractivity contribution in [3.63, 3.8) is 0 Å². The quantitative estimate of drug-likeness (QED) is 0.882. The predicted molar refractivity (Wildman–Crippen MR) is 74.5 cm³/mol. The second kappa shape index (κ2) is 7.00. The molecule has 1 amide bonds. The van der Waals surface area contributed by atoms with Gasteiger partial charge >= 0.3 is 6.09 Å². The van der Waals surface area contributed by atoms with E-state index in [1.807, 2.05) is 24.3 Å². The third-order valence-electron chi connectivity index (χ3n) is 3.38. The Bertz CT molecular complexity index is 427. The minimum absolute atomic E-state index is 0.567. The first kappa shape index (κ1) is 14.5. The number of hydrogen-bond acceptors (Lipinski definition) is 4. The van der Waals surface area contributed by atoms with Crippen molar-refractivity contribution in [3.05, 3.63) is 24.3 Å². The highest BCUT2D eigenvalue weighted by Crippen LogP contribution is 2.16. The van der Waals surface area contributed by atoms with E-state index in [1.165, 1.54) is 4.90 Å². The van der Waals surface area contributed by atoms with Crippen molar-refractivity contribution in [2.24, 2.45) is 0 Å². The number of piperazine rings is 1. The van der Waals surface area contributed by atoms with Crippen LogP contribution in [0, 0.1) is 0 Å². The Hall–Kier alpha value is -1.95. The number of hydrogen-bond donors (Lipinski definition) is 1. The fourth-order valence-corrected chi connectivity index (χ4v) is 2.13. The summed E-state index contributed by atoms with van der Waals surface area (Å²) in [7, 11) is 1.63. The maximum absolute atomic E-state index is 10.8. The van der Waals surface area contributed by atoms with Gasteiger partial charge in [0.1, 0.15) is 18.1 Å². The Kier molecular flexibility index (Phi) is 5.06. The van der Waals surface area contributed by atoms with Gasteiger partial charge in [-0.25, -0.2) is 4.79 Å². The lowest BCUT2D eigenvalue weighted by Crippen LogP contribution is -2.49. The second-order valence-corrected chi connectivity index (χ2v) is 4.64. The van der Waals surface area contributed by atoms with Gasteiger partial charge in [0.15, 0.2) is 0 Å². The Morgan fingerprint density at radius 2 is 1.75 bits per heavy atom. The molecule has 0 saturated carbocycles. The highest BCUT2D eigenvalue weighted by Gasteiger charge is 2.19. The van der Waals surface area contributed by atoms with E-state index < -0.39 is 6.09 Å². The lowest BCUT2D eigenvalue weighted by atomic mass is 10.3. The molecule has 0 aliphatic carbocycles. The number of ether oxygens (including phenoxy) is 2. The van der Waals surface area contributed by atoms with E-state index in [-0.39, 0.29) is 0 Å². The van der Waals surface area contributed by atoms with Gasteiger partial charge < -0.3 is 19.5 Å². The molecule has 1 aliphatic rings. The van der Waals surface area contributed by atoms with Crippen molar-refractivity contribution in [3.8, 4) is 11.5 Å². The molecule has 110 valence electrons. The number of benzene rings is 1. The highest BCUT2D eigenvalue weighted by atomic mass is 16.5. The summed E-state index contributed by atoms with van der Waals surface area (Å²) < 4.78 is 10.7. The van der Waals surface area contributed by atoms with E-state index in [1.54, 1.807) is 7.11 Å². The molecule has 1 saturated heterocycles. The number of carboxylic acid groups (broad SMARTS) is 1. The summed E-state index contributed by atoms with van der Waals surface area (Å²) >= 11 is 0. The first-order valence-electron chi connectivity index (χ1n) is 6.66. The number of amides is 1. The molecule has 0 unspecified atom stereocenters. The fourth-order valence-electron chi connectivity index (χ4n) is 2.13. The number of methoxy groups -OCH3 is 1. The highest BCUT2D eigenvalue weighted by molar-refractivity contribution is 5.65. The predicted octanol–water partition coefficient (Wildman–Crippen LogP) is 1.37. The van der Waals surface area contributed by atoms with Crippen molar-refractivity contribution in [2.45, 2.75) is 0 Å². The molecule has 6 heteroatoms. The minimum atomic E-state index is -0.834. The number of rotatable bonds is 5. The maximum Gasteiger partial charge on any atom is 0.407 e. The smallest absolute Gasteiger partial charge is 0.407 e. The topological polar surface area (TPSA) is 62.2 Å². The molecule has 6 nitrogen and oxygen atoms in total. The van der Waals surface area contributed by atoms with E-state index in [0.29, 0.717) is 19.7 Å². The molecule has 1 heterocycles. The molecule has 2 rings (SSSR count). The molecule has 0 bridgehead atoms. The van der Waals surface area contributed by atoms with Gasteiger partial charge in [-0.1, -0.05) is 0 Å². The van der Waals surface area contributed by atoms with Crippen LogP contribution in [0.25, 0.3) is 0 Å². The molecule has 1 aromatic carbocycles. The third-order valence-corrected chi connectivity index (χ3v) is 3.38. The largest absolute Gasteiger partial charge is 0.497 e. The molecule has 1 fully saturated rings. The first-order chi connectivity index (χ1) is 9.69. The van der Waals surface area contributed by atoms with Crippen molar-refractivity contribution in [1.82, 2.24) is 9.80 Å². The van der Waals surface area contributed by atoms with Crippen molar-refractivity contribution in [2.75, 3.05) is 46.4 Å². The van der Waals surface area contributed by atoms with Gasteiger partial charge in [0, 0.05) is 32.7 Å². The van der Waals surface area contributed by atoms with Crippen LogP contribution in [0.3, 0.4) is 0 Å². The Morgan fingerprint density at radius 1 is 1.15 bits per heavy atom. The van der Waals surface area contributed by atoms with Crippen molar-refractivity contribution < 1.29 is 19.4 Å². The molecular weight excluding hydrogens is 260 g/mol. The summed E-state index contributed by atoms with van der Waals surface area (Å²) in [6, 6.07) is 7.48. The van der Waals surface area contributed by atoms with E-state index >= 15 is 0 Å². The molecular formula is C14H20N2O4. The number of carbonyl (C=O) groups is 1. The maximum atomic E-state index is 10.8. The Balaban J connectivity index is 1.67. The van der Waals surface area contributed by atoms with Crippen LogP contribution in [0.15, 0.2) is 24.3 Å². The lowest BCUT2D eigenvalue weighted by Gasteiger charge is -2.32. The van der Waals surface area contributed by atoms with E-state index in [2.05, 4.69) is 4.90 Å². The van der Waals surface area contributed by atoms with Crippen LogP contribution in [-0.4, -0.2) is 67.4 Å². The summed E-state index contributed by atoms with van der Waals surface area (Å²) in [6.45, 7) is 4.06. The first-order valence-corrected chi connectivity index (χ1v) is 6.66. The van der Waals surface area contributed by atoms with Gasteiger partial charge in [-0.2, -0.15) is 0 Å². The molecule has 1 aromatic rings. The summed E-state index contributed by atoms with van der Waals surface area (Å²) in [5.74, 6) is 1.62. The zero-order valence-corrected chi connectivity index (χ0v) is 11.6. The monoisotopic (exact) mass is 280 g/mol. The van der Waals surface area contributed by atoms with E-state index in [4.69, 9.17) is 14.6 Å². The van der Waals surface area contributed by atoms with Crippen LogP contribution in [0.4, 0.5) is 4.79 Å². The van der Waals surface area contributed by atoms with E-state index in [9.17, 15) is 4.79 Å². The third kappa shape index (κ3) is 4.03. The molecule has 20 heavy (non-hydrogen) atoms. The van der Waals surface area contributed by atoms with Gasteiger partial charge in [-0.05, 0) is 24.3 Å². The van der Waals surface area contributed by atoms with Gasteiger partial charge in [0.25, 0.3) is 0 Å². The van der Waals surface area contributed by atoms with Crippen LogP contribution in [0.1, 0.15) is 0 Å². The molecule has 0 atom stereocenters. The molecule has 0 radical (unpaired) electrons.